The highest BCUT2D eigenvalue weighted by molar-refractivity contribution is 5.79. The van der Waals surface area contributed by atoms with Gasteiger partial charge in [-0.25, -0.2) is 0 Å². The lowest BCUT2D eigenvalue weighted by molar-refractivity contribution is -0.136. The minimum atomic E-state index is 0.104. The number of nitrogens with zero attached hydrogens (tertiary/aromatic N) is 3. The van der Waals surface area contributed by atoms with Gasteiger partial charge in [-0.15, -0.1) is 0 Å². The van der Waals surface area contributed by atoms with Gasteiger partial charge in [0.25, 0.3) is 0 Å². The van der Waals surface area contributed by atoms with Gasteiger partial charge in [0.2, 0.25) is 11.8 Å². The third-order valence-electron chi connectivity index (χ3n) is 4.88. The largest absolute Gasteiger partial charge is 0.349 e. The second kappa shape index (κ2) is 8.99. The zero-order valence-electron chi connectivity index (χ0n) is 15.9. The van der Waals surface area contributed by atoms with Crippen molar-refractivity contribution in [1.82, 2.24) is 14.7 Å². The van der Waals surface area contributed by atoms with Crippen LogP contribution in [0.25, 0.3) is 0 Å². The molecule has 1 heterocycles. The molecule has 5 heteroatoms. The molecule has 0 radical (unpaired) electrons. The standard InChI is InChI=1S/C20H31N3O2/c1-16(2)23(14-17-8-6-5-7-9-17)19(24)15-22-12-10-18(11-13-22)20(25)21(3)4/h5-9,16,18H,10-15H2,1-4H3. The van der Waals surface area contributed by atoms with Crippen LogP contribution in [0, 0.1) is 5.92 Å². The molecule has 0 N–H and O–H groups in total. The highest BCUT2D eigenvalue weighted by atomic mass is 16.2. The molecule has 1 aliphatic heterocycles. The van der Waals surface area contributed by atoms with Gasteiger partial charge in [0.1, 0.15) is 0 Å². The third-order valence-corrected chi connectivity index (χ3v) is 4.88. The molecule has 1 aliphatic rings. The van der Waals surface area contributed by atoms with Crippen molar-refractivity contribution in [3.05, 3.63) is 35.9 Å². The van der Waals surface area contributed by atoms with Crippen molar-refractivity contribution in [2.45, 2.75) is 39.3 Å². The van der Waals surface area contributed by atoms with E-state index >= 15 is 0 Å². The van der Waals surface area contributed by atoms with Crippen LogP contribution in [0.3, 0.4) is 0 Å². The summed E-state index contributed by atoms with van der Waals surface area (Å²) in [5.41, 5.74) is 1.15. The van der Waals surface area contributed by atoms with E-state index in [4.69, 9.17) is 0 Å². The van der Waals surface area contributed by atoms with E-state index in [0.29, 0.717) is 13.1 Å². The fourth-order valence-electron chi connectivity index (χ4n) is 3.32. The SMILES string of the molecule is CC(C)N(Cc1ccccc1)C(=O)CN1CCC(C(=O)N(C)C)CC1. The second-order valence-electron chi connectivity index (χ2n) is 7.38. The molecular formula is C20H31N3O2. The molecule has 0 atom stereocenters. The number of hydrogen-bond donors (Lipinski definition) is 0. The van der Waals surface area contributed by atoms with Crippen molar-refractivity contribution in [2.75, 3.05) is 33.7 Å². The van der Waals surface area contributed by atoms with Crippen molar-refractivity contribution in [2.24, 2.45) is 5.92 Å². The number of likely N-dealkylation sites (tertiary alicyclic amines) is 1. The lowest BCUT2D eigenvalue weighted by atomic mass is 9.95. The molecule has 2 amide bonds. The minimum Gasteiger partial charge on any atom is -0.349 e. The Morgan fingerprint density at radius 1 is 1.12 bits per heavy atom. The lowest BCUT2D eigenvalue weighted by Crippen LogP contribution is -2.46. The zero-order valence-corrected chi connectivity index (χ0v) is 15.9. The Morgan fingerprint density at radius 2 is 1.72 bits per heavy atom. The lowest BCUT2D eigenvalue weighted by Gasteiger charge is -2.34. The Kier molecular flexibility index (Phi) is 7.00. The molecule has 0 aliphatic carbocycles. The maximum atomic E-state index is 12.8. The number of carbonyl (C=O) groups excluding carboxylic acids is 2. The molecule has 1 fully saturated rings. The van der Waals surface area contributed by atoms with E-state index in [2.05, 4.69) is 30.9 Å². The number of carbonyl (C=O) groups is 2. The predicted molar refractivity (Wildman–Crippen MR) is 100.0 cm³/mol. The van der Waals surface area contributed by atoms with Gasteiger partial charge in [0.15, 0.2) is 0 Å². The first-order valence-corrected chi connectivity index (χ1v) is 9.15. The summed E-state index contributed by atoms with van der Waals surface area (Å²) >= 11 is 0. The van der Waals surface area contributed by atoms with Gasteiger partial charge in [-0.2, -0.15) is 0 Å². The van der Waals surface area contributed by atoms with E-state index in [1.54, 1.807) is 4.90 Å². The second-order valence-corrected chi connectivity index (χ2v) is 7.38. The highest BCUT2D eigenvalue weighted by Crippen LogP contribution is 2.19. The normalized spacial score (nSPS) is 16.0. The van der Waals surface area contributed by atoms with Gasteiger partial charge in [0.05, 0.1) is 6.54 Å². The van der Waals surface area contributed by atoms with Gasteiger partial charge in [-0.3, -0.25) is 14.5 Å². The Hall–Kier alpha value is -1.88. The summed E-state index contributed by atoms with van der Waals surface area (Å²) in [4.78, 5) is 30.6. The van der Waals surface area contributed by atoms with Crippen LogP contribution in [0.1, 0.15) is 32.3 Å². The predicted octanol–water partition coefficient (Wildman–Crippen LogP) is 2.22. The summed E-state index contributed by atoms with van der Waals surface area (Å²) in [5, 5.41) is 0. The molecule has 25 heavy (non-hydrogen) atoms. The highest BCUT2D eigenvalue weighted by Gasteiger charge is 2.28. The average molecular weight is 345 g/mol. The van der Waals surface area contributed by atoms with E-state index in [9.17, 15) is 9.59 Å². The van der Waals surface area contributed by atoms with Crippen molar-refractivity contribution in [3.63, 3.8) is 0 Å². The summed E-state index contributed by atoms with van der Waals surface area (Å²) in [6.07, 6.45) is 1.68. The molecule has 0 spiro atoms. The van der Waals surface area contributed by atoms with Crippen molar-refractivity contribution >= 4 is 11.8 Å². The number of rotatable bonds is 6. The molecular weight excluding hydrogens is 314 g/mol. The van der Waals surface area contributed by atoms with Gasteiger partial charge in [-0.1, -0.05) is 30.3 Å². The summed E-state index contributed by atoms with van der Waals surface area (Å²) in [6, 6.07) is 10.3. The monoisotopic (exact) mass is 345 g/mol. The van der Waals surface area contributed by atoms with Crippen LogP contribution in [0.2, 0.25) is 0 Å². The Bertz CT molecular complexity index is 564. The molecule has 1 aromatic rings. The number of hydrogen-bond acceptors (Lipinski definition) is 3. The average Bonchev–Trinajstić information content (AvgIpc) is 2.60. The Balaban J connectivity index is 1.88. The Labute approximate surface area is 151 Å². The smallest absolute Gasteiger partial charge is 0.237 e. The first kappa shape index (κ1) is 19.4. The number of amides is 2. The Morgan fingerprint density at radius 3 is 2.24 bits per heavy atom. The van der Waals surface area contributed by atoms with Crippen LogP contribution in [-0.4, -0.2) is 66.3 Å². The first-order valence-electron chi connectivity index (χ1n) is 9.15. The molecule has 1 aromatic carbocycles. The van der Waals surface area contributed by atoms with Crippen molar-refractivity contribution in [3.8, 4) is 0 Å². The van der Waals surface area contributed by atoms with Gasteiger partial charge in [-0.05, 0) is 45.3 Å². The molecule has 0 unspecified atom stereocenters. The molecule has 138 valence electrons. The fourth-order valence-corrected chi connectivity index (χ4v) is 3.32. The van der Waals surface area contributed by atoms with Crippen LogP contribution in [-0.2, 0) is 16.1 Å². The number of benzene rings is 1. The van der Waals surface area contributed by atoms with Crippen LogP contribution in [0.4, 0.5) is 0 Å². The topological polar surface area (TPSA) is 43.9 Å². The summed E-state index contributed by atoms with van der Waals surface area (Å²) in [5.74, 6) is 0.474. The van der Waals surface area contributed by atoms with Crippen molar-refractivity contribution in [1.29, 1.82) is 0 Å². The first-order chi connectivity index (χ1) is 11.9. The molecule has 0 aromatic heterocycles. The fraction of sp³-hybridized carbons (Fsp3) is 0.600. The molecule has 0 bridgehead atoms. The van der Waals surface area contributed by atoms with Crippen LogP contribution >= 0.6 is 0 Å². The minimum absolute atomic E-state index is 0.104. The van der Waals surface area contributed by atoms with Crippen LogP contribution in [0.5, 0.6) is 0 Å². The maximum absolute atomic E-state index is 12.8. The molecule has 5 nitrogen and oxygen atoms in total. The summed E-state index contributed by atoms with van der Waals surface area (Å²) in [7, 11) is 3.62. The van der Waals surface area contributed by atoms with E-state index in [1.165, 1.54) is 0 Å². The summed E-state index contributed by atoms with van der Waals surface area (Å²) < 4.78 is 0. The third kappa shape index (κ3) is 5.56. The van der Waals surface area contributed by atoms with Crippen LogP contribution in [0.15, 0.2) is 30.3 Å². The molecule has 0 saturated carbocycles. The maximum Gasteiger partial charge on any atom is 0.237 e. The van der Waals surface area contributed by atoms with Crippen molar-refractivity contribution < 1.29 is 9.59 Å². The zero-order chi connectivity index (χ0) is 18.4. The van der Waals surface area contributed by atoms with E-state index in [0.717, 1.165) is 31.5 Å². The quantitative estimate of drug-likeness (QED) is 0.794. The van der Waals surface area contributed by atoms with E-state index in [-0.39, 0.29) is 23.8 Å². The molecule has 1 saturated heterocycles. The summed E-state index contributed by atoms with van der Waals surface area (Å²) in [6.45, 7) is 6.83. The molecule has 2 rings (SSSR count). The van der Waals surface area contributed by atoms with Crippen LogP contribution < -0.4 is 0 Å². The van der Waals surface area contributed by atoms with Gasteiger partial charge >= 0.3 is 0 Å². The van der Waals surface area contributed by atoms with E-state index < -0.39 is 0 Å². The van der Waals surface area contributed by atoms with Gasteiger partial charge in [0, 0.05) is 32.6 Å². The van der Waals surface area contributed by atoms with E-state index in [1.807, 2.05) is 37.2 Å². The van der Waals surface area contributed by atoms with Gasteiger partial charge < -0.3 is 9.80 Å². The number of piperidine rings is 1.